The van der Waals surface area contributed by atoms with Crippen molar-refractivity contribution in [2.24, 2.45) is 5.92 Å². The van der Waals surface area contributed by atoms with Crippen molar-refractivity contribution in [3.63, 3.8) is 0 Å². The fraction of sp³-hybridized carbons (Fsp3) is 0.407. The molecule has 2 aromatic rings. The highest BCUT2D eigenvalue weighted by Crippen LogP contribution is 2.24. The van der Waals surface area contributed by atoms with E-state index < -0.39 is 42.1 Å². The Labute approximate surface area is 216 Å². The summed E-state index contributed by atoms with van der Waals surface area (Å²) in [6, 6.07) is 17.6. The van der Waals surface area contributed by atoms with Crippen LogP contribution < -0.4 is 16.0 Å². The van der Waals surface area contributed by atoms with Crippen molar-refractivity contribution in [2.45, 2.75) is 51.7 Å². The van der Waals surface area contributed by atoms with E-state index in [4.69, 9.17) is 14.2 Å². The third-order valence-corrected chi connectivity index (χ3v) is 5.45. The van der Waals surface area contributed by atoms with E-state index in [9.17, 15) is 19.2 Å². The van der Waals surface area contributed by atoms with Crippen LogP contribution in [0, 0.1) is 5.92 Å². The molecule has 3 N–H and O–H groups in total. The molecule has 1 fully saturated rings. The topological polar surface area (TPSA) is 135 Å². The number of carbonyl (C=O) groups excluding carboxylic acids is 4. The molecule has 3 atom stereocenters. The fourth-order valence-corrected chi connectivity index (χ4v) is 3.51. The largest absolute Gasteiger partial charge is 0.459 e. The van der Waals surface area contributed by atoms with E-state index in [1.807, 2.05) is 74.5 Å². The minimum atomic E-state index is -0.994. The van der Waals surface area contributed by atoms with E-state index in [0.29, 0.717) is 6.42 Å². The lowest BCUT2D eigenvalue weighted by molar-refractivity contribution is -0.146. The molecule has 10 heteroatoms. The molecule has 0 spiro atoms. The van der Waals surface area contributed by atoms with E-state index in [0.717, 1.165) is 11.1 Å². The van der Waals surface area contributed by atoms with Crippen LogP contribution in [0.1, 0.15) is 31.4 Å². The van der Waals surface area contributed by atoms with Gasteiger partial charge in [0.05, 0.1) is 0 Å². The van der Waals surface area contributed by atoms with Crippen molar-refractivity contribution in [1.29, 1.82) is 0 Å². The van der Waals surface area contributed by atoms with Crippen LogP contribution >= 0.6 is 0 Å². The van der Waals surface area contributed by atoms with E-state index in [-0.39, 0.29) is 32.2 Å². The van der Waals surface area contributed by atoms with E-state index in [2.05, 4.69) is 16.0 Å². The fourth-order valence-electron chi connectivity index (χ4n) is 3.51. The van der Waals surface area contributed by atoms with Crippen LogP contribution in [0.15, 0.2) is 60.7 Å². The summed E-state index contributed by atoms with van der Waals surface area (Å²) in [5.74, 6) is -1.46. The molecule has 0 aliphatic carbocycles. The lowest BCUT2D eigenvalue weighted by Gasteiger charge is -2.20. The van der Waals surface area contributed by atoms with Crippen molar-refractivity contribution < 1.29 is 33.4 Å². The third kappa shape index (κ3) is 9.57. The molecule has 1 heterocycles. The van der Waals surface area contributed by atoms with E-state index >= 15 is 0 Å². The monoisotopic (exact) mass is 511 g/mol. The van der Waals surface area contributed by atoms with Crippen LogP contribution in [0.3, 0.4) is 0 Å². The second kappa shape index (κ2) is 14.0. The Bertz CT molecular complexity index is 1050. The van der Waals surface area contributed by atoms with Gasteiger partial charge >= 0.3 is 12.1 Å². The molecule has 2 aromatic carbocycles. The maximum atomic E-state index is 12.7. The zero-order valence-electron chi connectivity index (χ0n) is 21.0. The van der Waals surface area contributed by atoms with Gasteiger partial charge in [0.15, 0.2) is 12.2 Å². The zero-order valence-corrected chi connectivity index (χ0v) is 21.0. The minimum Gasteiger partial charge on any atom is -0.459 e. The molecule has 3 rings (SSSR count). The van der Waals surface area contributed by atoms with E-state index in [1.165, 1.54) is 0 Å². The van der Waals surface area contributed by atoms with Crippen LogP contribution in [-0.2, 0) is 41.8 Å². The molecule has 1 saturated heterocycles. The first-order valence-corrected chi connectivity index (χ1v) is 12.2. The van der Waals surface area contributed by atoms with Gasteiger partial charge in [-0.3, -0.25) is 9.59 Å². The molecule has 0 aromatic heterocycles. The smallest absolute Gasteiger partial charge is 0.407 e. The van der Waals surface area contributed by atoms with Gasteiger partial charge in [-0.05, 0) is 23.5 Å². The average molecular weight is 512 g/mol. The Morgan fingerprint density at radius 3 is 1.97 bits per heavy atom. The van der Waals surface area contributed by atoms with Crippen LogP contribution in [0.25, 0.3) is 0 Å². The number of hydrogen-bond donors (Lipinski definition) is 3. The number of ether oxygens (including phenoxy) is 3. The van der Waals surface area contributed by atoms with Crippen molar-refractivity contribution in [3.8, 4) is 0 Å². The summed E-state index contributed by atoms with van der Waals surface area (Å²) in [7, 11) is 0. The minimum absolute atomic E-state index is 0.0834. The number of esters is 1. The van der Waals surface area contributed by atoms with Crippen molar-refractivity contribution in [2.75, 3.05) is 13.1 Å². The SMILES string of the molecule is CC(C)C[C@H](NC(=O)[C@H]1O[C@@H]1C(=O)OCc1ccccc1)C(=O)NCCNC(=O)OCc1ccccc1. The van der Waals surface area contributed by atoms with Gasteiger partial charge in [-0.25, -0.2) is 9.59 Å². The Morgan fingerprint density at radius 2 is 1.38 bits per heavy atom. The zero-order chi connectivity index (χ0) is 26.6. The predicted octanol–water partition coefficient (Wildman–Crippen LogP) is 2.07. The highest BCUT2D eigenvalue weighted by Gasteiger charge is 2.52. The molecule has 198 valence electrons. The van der Waals surface area contributed by atoms with Gasteiger partial charge in [-0.1, -0.05) is 74.5 Å². The van der Waals surface area contributed by atoms with E-state index in [1.54, 1.807) is 0 Å². The van der Waals surface area contributed by atoms with Crippen molar-refractivity contribution in [3.05, 3.63) is 71.8 Å². The summed E-state index contributed by atoms with van der Waals surface area (Å²) in [5.41, 5.74) is 1.69. The third-order valence-electron chi connectivity index (χ3n) is 5.45. The average Bonchev–Trinajstić information content (AvgIpc) is 3.70. The summed E-state index contributed by atoms with van der Waals surface area (Å²) in [6.45, 7) is 4.38. The lowest BCUT2D eigenvalue weighted by atomic mass is 10.0. The number of amides is 3. The number of epoxide rings is 1. The van der Waals surface area contributed by atoms with Crippen LogP contribution in [-0.4, -0.2) is 55.2 Å². The number of alkyl carbamates (subject to hydrolysis) is 1. The normalized spacial score (nSPS) is 16.8. The van der Waals surface area contributed by atoms with Gasteiger partial charge in [0.2, 0.25) is 5.91 Å². The maximum Gasteiger partial charge on any atom is 0.407 e. The summed E-state index contributed by atoms with van der Waals surface area (Å²) in [4.78, 5) is 49.3. The van der Waals surface area contributed by atoms with Crippen LogP contribution in [0.5, 0.6) is 0 Å². The Balaban J connectivity index is 1.37. The van der Waals surface area contributed by atoms with Crippen LogP contribution in [0.4, 0.5) is 4.79 Å². The second-order valence-electron chi connectivity index (χ2n) is 9.04. The number of nitrogens with one attached hydrogen (secondary N) is 3. The van der Waals surface area contributed by atoms with Gasteiger partial charge in [-0.2, -0.15) is 0 Å². The standard InChI is InChI=1S/C27H33N3O7/c1-18(2)15-21(24(31)28-13-14-29-27(34)36-17-20-11-7-4-8-12-20)30-25(32)22-23(37-22)26(33)35-16-19-9-5-3-6-10-19/h3-12,18,21-23H,13-17H2,1-2H3,(H,28,31)(H,29,34)(H,30,32)/t21-,22-,23-/m0/s1. The van der Waals surface area contributed by atoms with Crippen LogP contribution in [0.2, 0.25) is 0 Å². The summed E-state index contributed by atoms with van der Waals surface area (Å²) >= 11 is 0. The first-order valence-electron chi connectivity index (χ1n) is 12.2. The summed E-state index contributed by atoms with van der Waals surface area (Å²) in [5, 5.41) is 7.92. The van der Waals surface area contributed by atoms with Gasteiger partial charge in [0.1, 0.15) is 19.3 Å². The highest BCUT2D eigenvalue weighted by atomic mass is 16.6. The molecule has 37 heavy (non-hydrogen) atoms. The molecule has 3 amide bonds. The quantitative estimate of drug-likeness (QED) is 0.213. The lowest BCUT2D eigenvalue weighted by Crippen LogP contribution is -2.50. The maximum absolute atomic E-state index is 12.7. The molecule has 1 aliphatic rings. The number of benzene rings is 2. The molecule has 0 bridgehead atoms. The molecular weight excluding hydrogens is 478 g/mol. The first kappa shape index (κ1) is 27.7. The summed E-state index contributed by atoms with van der Waals surface area (Å²) < 4.78 is 15.5. The van der Waals surface area contributed by atoms with Gasteiger partial charge in [0.25, 0.3) is 5.91 Å². The molecule has 0 radical (unpaired) electrons. The van der Waals surface area contributed by atoms with Gasteiger partial charge in [0, 0.05) is 13.1 Å². The molecule has 10 nitrogen and oxygen atoms in total. The van der Waals surface area contributed by atoms with Gasteiger partial charge < -0.3 is 30.2 Å². The molecule has 0 unspecified atom stereocenters. The summed E-state index contributed by atoms with van der Waals surface area (Å²) in [6.07, 6.45) is -2.19. The molecular formula is C27H33N3O7. The predicted molar refractivity (Wildman–Crippen MR) is 134 cm³/mol. The first-order chi connectivity index (χ1) is 17.8. The number of hydrogen-bond acceptors (Lipinski definition) is 7. The van der Waals surface area contributed by atoms with Gasteiger partial charge in [-0.15, -0.1) is 0 Å². The van der Waals surface area contributed by atoms with Crippen molar-refractivity contribution in [1.82, 2.24) is 16.0 Å². The Kier molecular flexibility index (Phi) is 10.5. The Hall–Kier alpha value is -3.92. The molecule has 0 saturated carbocycles. The Morgan fingerprint density at radius 1 is 0.811 bits per heavy atom. The number of rotatable bonds is 13. The number of carbonyl (C=O) groups is 4. The highest BCUT2D eigenvalue weighted by molar-refractivity contribution is 5.95. The molecule has 1 aliphatic heterocycles. The van der Waals surface area contributed by atoms with Crippen molar-refractivity contribution >= 4 is 23.9 Å². The second-order valence-corrected chi connectivity index (χ2v) is 9.04.